The number of hydrogen-bond donors (Lipinski definition) is 2. The number of anilines is 2. The summed E-state index contributed by atoms with van der Waals surface area (Å²) < 4.78 is 45.0. The summed E-state index contributed by atoms with van der Waals surface area (Å²) in [4.78, 5) is 35.6. The molecule has 2 aromatic rings. The second-order valence-corrected chi connectivity index (χ2v) is 6.54. The van der Waals surface area contributed by atoms with Crippen molar-refractivity contribution in [3.63, 3.8) is 0 Å². The first kappa shape index (κ1) is 21.2. The molecule has 1 fully saturated rings. The number of halogens is 3. The Morgan fingerprint density at radius 3 is 2.03 bits per heavy atom. The Morgan fingerprint density at radius 2 is 1.47 bits per heavy atom. The Balaban J connectivity index is 1.44. The van der Waals surface area contributed by atoms with Crippen molar-refractivity contribution in [3.05, 3.63) is 54.1 Å². The van der Waals surface area contributed by atoms with Gasteiger partial charge in [0, 0.05) is 17.3 Å². The van der Waals surface area contributed by atoms with Crippen LogP contribution in [-0.4, -0.2) is 30.8 Å². The van der Waals surface area contributed by atoms with Crippen molar-refractivity contribution in [1.82, 2.24) is 0 Å². The summed E-state index contributed by atoms with van der Waals surface area (Å²) in [5, 5.41) is 5.12. The molecule has 2 aromatic carbocycles. The van der Waals surface area contributed by atoms with E-state index < -0.39 is 30.6 Å². The highest BCUT2D eigenvalue weighted by Crippen LogP contribution is 2.30. The summed E-state index contributed by atoms with van der Waals surface area (Å²) in [5.74, 6) is -1.83. The minimum atomic E-state index is -4.81. The third kappa shape index (κ3) is 6.50. The van der Waals surface area contributed by atoms with Crippen LogP contribution >= 0.6 is 0 Å². The first-order valence-electron chi connectivity index (χ1n) is 8.93. The molecule has 0 atom stereocenters. The zero-order valence-electron chi connectivity index (χ0n) is 15.5. The lowest BCUT2D eigenvalue weighted by molar-refractivity contribution is -0.274. The van der Waals surface area contributed by atoms with E-state index in [4.69, 9.17) is 4.74 Å². The van der Waals surface area contributed by atoms with Crippen LogP contribution in [0.5, 0.6) is 5.75 Å². The van der Waals surface area contributed by atoms with Crippen LogP contribution in [0.25, 0.3) is 0 Å². The third-order valence-electron chi connectivity index (χ3n) is 4.04. The van der Waals surface area contributed by atoms with Crippen LogP contribution in [0.3, 0.4) is 0 Å². The molecule has 3 rings (SSSR count). The van der Waals surface area contributed by atoms with E-state index in [9.17, 15) is 27.6 Å². The maximum atomic E-state index is 12.1. The third-order valence-corrected chi connectivity index (χ3v) is 4.04. The van der Waals surface area contributed by atoms with Crippen molar-refractivity contribution in [2.75, 3.05) is 17.2 Å². The summed E-state index contributed by atoms with van der Waals surface area (Å²) in [6.45, 7) is -0.584. The molecule has 158 valence electrons. The van der Waals surface area contributed by atoms with Crippen molar-refractivity contribution in [3.8, 4) is 5.75 Å². The molecule has 1 aliphatic carbocycles. The first-order valence-corrected chi connectivity index (χ1v) is 8.93. The molecular formula is C20H17F3N2O5. The molecule has 10 heteroatoms. The van der Waals surface area contributed by atoms with Gasteiger partial charge in [0.1, 0.15) is 5.75 Å². The zero-order chi connectivity index (χ0) is 21.7. The lowest BCUT2D eigenvalue weighted by Gasteiger charge is -2.10. The molecule has 7 nitrogen and oxygen atoms in total. The molecule has 0 radical (unpaired) electrons. The van der Waals surface area contributed by atoms with Gasteiger partial charge in [-0.1, -0.05) is 0 Å². The molecule has 0 aromatic heterocycles. The Morgan fingerprint density at radius 1 is 0.900 bits per heavy atom. The Kier molecular flexibility index (Phi) is 6.24. The Hall–Kier alpha value is -3.56. The van der Waals surface area contributed by atoms with Gasteiger partial charge in [0.15, 0.2) is 6.61 Å². The topological polar surface area (TPSA) is 93.7 Å². The summed E-state index contributed by atoms with van der Waals surface area (Å²) in [7, 11) is 0. The van der Waals surface area contributed by atoms with Crippen LogP contribution in [0.2, 0.25) is 0 Å². The number of amides is 2. The number of benzene rings is 2. The average Bonchev–Trinajstić information content (AvgIpc) is 3.52. The van der Waals surface area contributed by atoms with Crippen LogP contribution in [0.1, 0.15) is 23.2 Å². The molecule has 30 heavy (non-hydrogen) atoms. The number of carbonyl (C=O) groups excluding carboxylic acids is 3. The molecule has 0 saturated heterocycles. The number of nitrogens with one attached hydrogen (secondary N) is 2. The molecule has 0 aliphatic heterocycles. The van der Waals surface area contributed by atoms with Gasteiger partial charge in [-0.15, -0.1) is 13.2 Å². The Labute approximate surface area is 169 Å². The van der Waals surface area contributed by atoms with Gasteiger partial charge in [0.05, 0.1) is 5.56 Å². The molecule has 2 amide bonds. The number of carbonyl (C=O) groups is 3. The van der Waals surface area contributed by atoms with Crippen LogP contribution in [-0.2, 0) is 14.3 Å². The van der Waals surface area contributed by atoms with Crippen molar-refractivity contribution < 1.29 is 37.0 Å². The van der Waals surface area contributed by atoms with Gasteiger partial charge < -0.3 is 20.1 Å². The second kappa shape index (κ2) is 8.85. The van der Waals surface area contributed by atoms with E-state index in [0.29, 0.717) is 5.69 Å². The largest absolute Gasteiger partial charge is 0.573 e. The molecule has 0 heterocycles. The summed E-state index contributed by atoms with van der Waals surface area (Å²) in [5.41, 5.74) is 0.960. The predicted molar refractivity (Wildman–Crippen MR) is 99.8 cm³/mol. The van der Waals surface area contributed by atoms with E-state index in [0.717, 1.165) is 25.0 Å². The van der Waals surface area contributed by atoms with Crippen LogP contribution in [0.4, 0.5) is 24.5 Å². The van der Waals surface area contributed by atoms with Gasteiger partial charge in [-0.2, -0.15) is 0 Å². The fourth-order valence-corrected chi connectivity index (χ4v) is 2.43. The van der Waals surface area contributed by atoms with Crippen molar-refractivity contribution >= 4 is 29.2 Å². The van der Waals surface area contributed by atoms with Gasteiger partial charge in [0.25, 0.3) is 5.91 Å². The molecule has 1 aliphatic rings. The van der Waals surface area contributed by atoms with Crippen LogP contribution < -0.4 is 15.4 Å². The minimum Gasteiger partial charge on any atom is -0.452 e. The highest BCUT2D eigenvalue weighted by atomic mass is 19.4. The quantitative estimate of drug-likeness (QED) is 0.664. The van der Waals surface area contributed by atoms with Crippen molar-refractivity contribution in [2.24, 2.45) is 5.92 Å². The highest BCUT2D eigenvalue weighted by molar-refractivity contribution is 5.97. The van der Waals surface area contributed by atoms with E-state index >= 15 is 0 Å². The molecule has 0 bridgehead atoms. The van der Waals surface area contributed by atoms with E-state index in [2.05, 4.69) is 15.4 Å². The standard InChI is InChI=1S/C20H17F3N2O5/c21-20(22,23)30-16-9-7-14(8-10-16)24-17(26)11-29-19(28)13-3-5-15(6-4-13)25-18(27)12-1-2-12/h3-10,12H,1-2,11H2,(H,24,26)(H,25,27). The van der Waals surface area contributed by atoms with Crippen molar-refractivity contribution in [2.45, 2.75) is 19.2 Å². The monoisotopic (exact) mass is 422 g/mol. The molecule has 2 N–H and O–H groups in total. The fourth-order valence-electron chi connectivity index (χ4n) is 2.43. The normalized spacial score (nSPS) is 13.3. The number of ether oxygens (including phenoxy) is 2. The van der Waals surface area contributed by atoms with E-state index in [1.54, 1.807) is 12.1 Å². The lowest BCUT2D eigenvalue weighted by atomic mass is 10.2. The summed E-state index contributed by atoms with van der Waals surface area (Å²) in [6, 6.07) is 10.6. The first-order chi connectivity index (χ1) is 14.2. The van der Waals surface area contributed by atoms with Crippen LogP contribution in [0, 0.1) is 5.92 Å². The predicted octanol–water partition coefficient (Wildman–Crippen LogP) is 3.73. The molecular weight excluding hydrogens is 405 g/mol. The second-order valence-electron chi connectivity index (χ2n) is 6.54. The maximum Gasteiger partial charge on any atom is 0.573 e. The van der Waals surface area contributed by atoms with E-state index in [1.807, 2.05) is 0 Å². The smallest absolute Gasteiger partial charge is 0.452 e. The number of hydrogen-bond acceptors (Lipinski definition) is 5. The minimum absolute atomic E-state index is 0.0556. The summed E-state index contributed by atoms with van der Waals surface area (Å²) in [6.07, 6.45) is -3.05. The number of esters is 1. The molecule has 0 spiro atoms. The SMILES string of the molecule is O=C(COC(=O)c1ccc(NC(=O)C2CC2)cc1)Nc1ccc(OC(F)(F)F)cc1. The van der Waals surface area contributed by atoms with Gasteiger partial charge in [-0.3, -0.25) is 9.59 Å². The zero-order valence-corrected chi connectivity index (χ0v) is 15.5. The average molecular weight is 422 g/mol. The maximum absolute atomic E-state index is 12.1. The highest BCUT2D eigenvalue weighted by Gasteiger charge is 2.31. The van der Waals surface area contributed by atoms with Gasteiger partial charge in [-0.25, -0.2) is 4.79 Å². The van der Waals surface area contributed by atoms with Gasteiger partial charge >= 0.3 is 12.3 Å². The lowest BCUT2D eigenvalue weighted by Crippen LogP contribution is -2.21. The fraction of sp³-hybridized carbons (Fsp3) is 0.250. The van der Waals surface area contributed by atoms with Crippen molar-refractivity contribution in [1.29, 1.82) is 0 Å². The number of rotatable bonds is 7. The summed E-state index contributed by atoms with van der Waals surface area (Å²) >= 11 is 0. The van der Waals surface area contributed by atoms with Gasteiger partial charge in [0.2, 0.25) is 5.91 Å². The van der Waals surface area contributed by atoms with E-state index in [-0.39, 0.29) is 23.1 Å². The van der Waals surface area contributed by atoms with E-state index in [1.165, 1.54) is 24.3 Å². The number of alkyl halides is 3. The van der Waals surface area contributed by atoms with Crippen LogP contribution in [0.15, 0.2) is 48.5 Å². The van der Waals surface area contributed by atoms with Gasteiger partial charge in [-0.05, 0) is 61.4 Å². The molecule has 0 unspecified atom stereocenters. The Bertz CT molecular complexity index is 923. The molecule has 1 saturated carbocycles.